The van der Waals surface area contributed by atoms with E-state index >= 15 is 0 Å². The van der Waals surface area contributed by atoms with E-state index in [0.717, 1.165) is 23.8 Å². The van der Waals surface area contributed by atoms with Gasteiger partial charge in [0.05, 0.1) is 17.8 Å². The molecule has 182 valence electrons. The van der Waals surface area contributed by atoms with Crippen LogP contribution < -0.4 is 4.74 Å². The highest BCUT2D eigenvalue weighted by Gasteiger charge is 2.22. The van der Waals surface area contributed by atoms with E-state index in [-0.39, 0.29) is 24.3 Å². The lowest BCUT2D eigenvalue weighted by atomic mass is 10.1. The Morgan fingerprint density at radius 3 is 2.44 bits per heavy atom. The number of aromatic nitrogens is 3. The first-order valence-corrected chi connectivity index (χ1v) is 11.6. The Morgan fingerprint density at radius 2 is 1.72 bits per heavy atom. The third kappa shape index (κ3) is 4.62. The number of furan rings is 1. The summed E-state index contributed by atoms with van der Waals surface area (Å²) in [5.41, 5.74) is 2.78. The number of rotatable bonds is 7. The van der Waals surface area contributed by atoms with E-state index in [0.29, 0.717) is 28.5 Å². The molecule has 36 heavy (non-hydrogen) atoms. The van der Waals surface area contributed by atoms with Gasteiger partial charge in [0, 0.05) is 31.5 Å². The monoisotopic (exact) mass is 487 g/mol. The van der Waals surface area contributed by atoms with Gasteiger partial charge >= 0.3 is 5.97 Å². The Kier molecular flexibility index (Phi) is 6.33. The molecule has 0 aliphatic rings. The Morgan fingerprint density at radius 1 is 0.944 bits per heavy atom. The molecule has 2 aromatic carbocycles. The molecule has 5 rings (SSSR count). The van der Waals surface area contributed by atoms with Crippen molar-refractivity contribution in [2.75, 3.05) is 0 Å². The number of carbonyl (C=O) groups excluding carboxylic acids is 1. The molecule has 0 saturated heterocycles. The summed E-state index contributed by atoms with van der Waals surface area (Å²) in [7, 11) is 0. The molecule has 8 heteroatoms. The molecule has 0 amide bonds. The molecular formula is C28H23F2N3O3. The molecule has 0 spiro atoms. The van der Waals surface area contributed by atoms with Crippen LogP contribution in [-0.4, -0.2) is 20.3 Å². The van der Waals surface area contributed by atoms with Crippen LogP contribution in [0.1, 0.15) is 42.3 Å². The van der Waals surface area contributed by atoms with Crippen molar-refractivity contribution in [1.82, 2.24) is 14.4 Å². The van der Waals surface area contributed by atoms with Crippen LogP contribution in [0.15, 0.2) is 71.3 Å². The van der Waals surface area contributed by atoms with Crippen molar-refractivity contribution in [3.63, 3.8) is 0 Å². The number of fused-ring (bicyclic) bond motifs is 1. The summed E-state index contributed by atoms with van der Waals surface area (Å²) < 4.78 is 41.6. The second kappa shape index (κ2) is 9.73. The standard InChI is InChI=1S/C28H23F2N3O3/c1-3-20-12-13-21(36-20)15-24-28(35-17(2)34)33-16-25(18-8-5-4-6-9-18)31-23(27(33)32-24)14-19-10-7-11-22(29)26(19)30/h4-13,16H,3,14-15H2,1-2H3. The average Bonchev–Trinajstić information content (AvgIpc) is 3.47. The first kappa shape index (κ1) is 23.4. The summed E-state index contributed by atoms with van der Waals surface area (Å²) in [6.45, 7) is 3.31. The van der Waals surface area contributed by atoms with Gasteiger partial charge in [-0.15, -0.1) is 0 Å². The number of carbonyl (C=O) groups is 1. The van der Waals surface area contributed by atoms with Gasteiger partial charge in [-0.05, 0) is 23.8 Å². The van der Waals surface area contributed by atoms with Crippen LogP contribution >= 0.6 is 0 Å². The molecule has 0 aliphatic carbocycles. The summed E-state index contributed by atoms with van der Waals surface area (Å²) in [5.74, 6) is -0.653. The van der Waals surface area contributed by atoms with Crippen molar-refractivity contribution in [3.05, 3.63) is 107 Å². The van der Waals surface area contributed by atoms with E-state index in [9.17, 15) is 13.6 Å². The zero-order chi connectivity index (χ0) is 25.2. The fraction of sp³-hybridized carbons (Fsp3) is 0.179. The first-order valence-electron chi connectivity index (χ1n) is 11.6. The minimum Gasteiger partial charge on any atom is -0.466 e. The lowest BCUT2D eigenvalue weighted by molar-refractivity contribution is -0.132. The first-order chi connectivity index (χ1) is 17.4. The minimum absolute atomic E-state index is 0.00946. The number of halogens is 2. The maximum absolute atomic E-state index is 14.6. The van der Waals surface area contributed by atoms with Gasteiger partial charge in [0.25, 0.3) is 0 Å². The van der Waals surface area contributed by atoms with E-state index in [1.807, 2.05) is 49.4 Å². The Bertz CT molecular complexity index is 1560. The number of nitrogens with zero attached hydrogens (tertiary/aromatic N) is 3. The molecule has 0 saturated carbocycles. The molecule has 0 unspecified atom stereocenters. The van der Waals surface area contributed by atoms with E-state index in [4.69, 9.17) is 19.1 Å². The fourth-order valence-electron chi connectivity index (χ4n) is 4.10. The van der Waals surface area contributed by atoms with Gasteiger partial charge in [-0.2, -0.15) is 0 Å². The van der Waals surface area contributed by atoms with Crippen molar-refractivity contribution in [3.8, 4) is 17.1 Å². The highest BCUT2D eigenvalue weighted by molar-refractivity contribution is 5.70. The lowest BCUT2D eigenvalue weighted by Gasteiger charge is -2.10. The third-order valence-electron chi connectivity index (χ3n) is 5.81. The summed E-state index contributed by atoms with van der Waals surface area (Å²) >= 11 is 0. The summed E-state index contributed by atoms with van der Waals surface area (Å²) in [6.07, 6.45) is 2.74. The number of ether oxygens (including phenoxy) is 1. The minimum atomic E-state index is -0.933. The Labute approximate surface area is 206 Å². The fourth-order valence-corrected chi connectivity index (χ4v) is 4.10. The maximum atomic E-state index is 14.6. The summed E-state index contributed by atoms with van der Waals surface area (Å²) in [5, 5.41) is 0. The van der Waals surface area contributed by atoms with Crippen molar-refractivity contribution >= 4 is 11.6 Å². The van der Waals surface area contributed by atoms with Crippen LogP contribution in [0.4, 0.5) is 8.78 Å². The van der Waals surface area contributed by atoms with Gasteiger partial charge in [0.1, 0.15) is 17.2 Å². The van der Waals surface area contributed by atoms with Crippen LogP contribution in [0.5, 0.6) is 5.88 Å². The largest absolute Gasteiger partial charge is 0.466 e. The SMILES string of the molecule is CCc1ccc(Cc2nc3c(Cc4cccc(F)c4F)nc(-c4ccccc4)cn3c2OC(C)=O)o1. The highest BCUT2D eigenvalue weighted by Crippen LogP contribution is 2.30. The van der Waals surface area contributed by atoms with Crippen LogP contribution in [0.2, 0.25) is 0 Å². The van der Waals surface area contributed by atoms with Gasteiger partial charge in [-0.25, -0.2) is 18.7 Å². The normalized spacial score (nSPS) is 11.2. The summed E-state index contributed by atoms with van der Waals surface area (Å²) in [4.78, 5) is 21.5. The molecule has 0 fully saturated rings. The lowest BCUT2D eigenvalue weighted by Crippen LogP contribution is -2.07. The van der Waals surface area contributed by atoms with Crippen LogP contribution in [0, 0.1) is 11.6 Å². The molecule has 0 radical (unpaired) electrons. The predicted molar refractivity (Wildman–Crippen MR) is 130 cm³/mol. The van der Waals surface area contributed by atoms with Crippen LogP contribution in [-0.2, 0) is 24.1 Å². The predicted octanol–water partition coefficient (Wildman–Crippen LogP) is 5.94. The van der Waals surface area contributed by atoms with Crippen molar-refractivity contribution < 1.29 is 22.7 Å². The molecule has 3 heterocycles. The number of hydrogen-bond acceptors (Lipinski definition) is 5. The Balaban J connectivity index is 1.71. The van der Waals surface area contributed by atoms with Gasteiger partial charge in [0.2, 0.25) is 5.88 Å². The molecule has 3 aromatic heterocycles. The average molecular weight is 488 g/mol. The molecule has 0 atom stereocenters. The molecule has 0 aliphatic heterocycles. The molecule has 0 N–H and O–H groups in total. The number of aryl methyl sites for hydroxylation is 1. The third-order valence-corrected chi connectivity index (χ3v) is 5.81. The Hall–Kier alpha value is -4.33. The number of hydrogen-bond donors (Lipinski definition) is 0. The quantitative estimate of drug-likeness (QED) is 0.266. The molecule has 5 aromatic rings. The van der Waals surface area contributed by atoms with Crippen molar-refractivity contribution in [1.29, 1.82) is 0 Å². The molecule has 0 bridgehead atoms. The second-order valence-electron chi connectivity index (χ2n) is 8.38. The second-order valence-corrected chi connectivity index (χ2v) is 8.38. The zero-order valence-corrected chi connectivity index (χ0v) is 19.8. The van der Waals surface area contributed by atoms with E-state index < -0.39 is 17.6 Å². The van der Waals surface area contributed by atoms with Crippen LogP contribution in [0.25, 0.3) is 16.9 Å². The topological polar surface area (TPSA) is 69.6 Å². The molecular weight excluding hydrogens is 464 g/mol. The van der Waals surface area contributed by atoms with E-state index in [1.165, 1.54) is 19.1 Å². The molecule has 6 nitrogen and oxygen atoms in total. The van der Waals surface area contributed by atoms with Gasteiger partial charge in [-0.1, -0.05) is 49.4 Å². The van der Waals surface area contributed by atoms with Crippen molar-refractivity contribution in [2.45, 2.75) is 33.1 Å². The number of imidazole rings is 1. The van der Waals surface area contributed by atoms with Gasteiger partial charge in [-0.3, -0.25) is 9.20 Å². The maximum Gasteiger partial charge on any atom is 0.309 e. The number of esters is 1. The van der Waals surface area contributed by atoms with E-state index in [1.54, 1.807) is 10.6 Å². The van der Waals surface area contributed by atoms with E-state index in [2.05, 4.69) is 0 Å². The highest BCUT2D eigenvalue weighted by atomic mass is 19.2. The van der Waals surface area contributed by atoms with Gasteiger partial charge in [0.15, 0.2) is 17.3 Å². The zero-order valence-electron chi connectivity index (χ0n) is 19.8. The smallest absolute Gasteiger partial charge is 0.309 e. The number of benzene rings is 2. The van der Waals surface area contributed by atoms with Crippen molar-refractivity contribution in [2.24, 2.45) is 0 Å². The van der Waals surface area contributed by atoms with Crippen LogP contribution in [0.3, 0.4) is 0 Å². The van der Waals surface area contributed by atoms with Gasteiger partial charge < -0.3 is 9.15 Å². The summed E-state index contributed by atoms with van der Waals surface area (Å²) in [6, 6.07) is 17.2.